The van der Waals surface area contributed by atoms with Crippen LogP contribution in [0, 0.1) is 0 Å². The largest absolute Gasteiger partial charge is 0.491 e. The number of benzene rings is 2. The maximum Gasteiger partial charge on any atom is 0.226 e. The quantitative estimate of drug-likeness (QED) is 0.269. The first-order chi connectivity index (χ1) is 19.9. The Bertz CT molecular complexity index is 1540. The SMILES string of the molecule is CC1CC(=O)Nc2cc(OCCOCCN3CCNCC3)cc(-c3ccc4c(c3)c(-c3cnn(C)c3)nn4C)c2N1. The molecule has 2 aliphatic rings. The Hall–Kier alpha value is -3.93. The first-order valence-corrected chi connectivity index (χ1v) is 14.3. The van der Waals surface area contributed by atoms with Gasteiger partial charge in [0.2, 0.25) is 5.91 Å². The predicted octanol–water partition coefficient (Wildman–Crippen LogP) is 3.08. The summed E-state index contributed by atoms with van der Waals surface area (Å²) < 4.78 is 15.7. The van der Waals surface area contributed by atoms with E-state index >= 15 is 0 Å². The molecule has 2 aromatic carbocycles. The van der Waals surface area contributed by atoms with Gasteiger partial charge in [0.15, 0.2) is 0 Å². The number of aryl methyl sites for hydroxylation is 2. The molecular formula is C30H38N8O3. The molecule has 41 heavy (non-hydrogen) atoms. The smallest absolute Gasteiger partial charge is 0.226 e. The number of hydrogen-bond acceptors (Lipinski definition) is 8. The molecule has 4 heterocycles. The Kier molecular flexibility index (Phi) is 7.91. The molecule has 1 fully saturated rings. The molecule has 11 heteroatoms. The second kappa shape index (κ2) is 11.9. The van der Waals surface area contributed by atoms with Crippen molar-refractivity contribution in [3.63, 3.8) is 0 Å². The molecular weight excluding hydrogens is 520 g/mol. The first kappa shape index (κ1) is 27.3. The van der Waals surface area contributed by atoms with Crippen molar-refractivity contribution >= 4 is 28.2 Å². The Morgan fingerprint density at radius 1 is 1.05 bits per heavy atom. The minimum atomic E-state index is -0.0235. The second-order valence-corrected chi connectivity index (χ2v) is 10.9. The summed E-state index contributed by atoms with van der Waals surface area (Å²) in [5.74, 6) is 0.657. The van der Waals surface area contributed by atoms with Crippen LogP contribution in [0.3, 0.4) is 0 Å². The Labute approximate surface area is 239 Å². The molecule has 1 saturated heterocycles. The van der Waals surface area contributed by atoms with Crippen molar-refractivity contribution in [1.82, 2.24) is 29.8 Å². The third-order valence-electron chi connectivity index (χ3n) is 7.67. The fraction of sp³-hybridized carbons (Fsp3) is 0.433. The van der Waals surface area contributed by atoms with Crippen LogP contribution < -0.4 is 20.7 Å². The highest BCUT2D eigenvalue weighted by Gasteiger charge is 2.23. The predicted molar refractivity (Wildman–Crippen MR) is 160 cm³/mol. The molecule has 2 aromatic heterocycles. The monoisotopic (exact) mass is 558 g/mol. The van der Waals surface area contributed by atoms with Crippen LogP contribution in [-0.4, -0.2) is 89.0 Å². The highest BCUT2D eigenvalue weighted by Crippen LogP contribution is 2.42. The standard InChI is InChI=1S/C30H38N8O3/c1-20-14-28(39)34-26-17-23(41-13-12-40-11-10-38-8-6-31-7-9-38)16-24(30(26)33-20)21-4-5-27-25(15-21)29(35-37(27)3)22-18-32-36(2)19-22/h4-5,15-20,31,33H,6-14H2,1-3H3,(H,34,39). The van der Waals surface area contributed by atoms with E-state index in [1.54, 1.807) is 4.68 Å². The van der Waals surface area contributed by atoms with Gasteiger partial charge in [0.25, 0.3) is 0 Å². The molecule has 0 aliphatic carbocycles. The van der Waals surface area contributed by atoms with Crippen LogP contribution in [0.25, 0.3) is 33.3 Å². The van der Waals surface area contributed by atoms with E-state index in [-0.39, 0.29) is 11.9 Å². The summed E-state index contributed by atoms with van der Waals surface area (Å²) in [5, 5.41) is 20.2. The van der Waals surface area contributed by atoms with Crippen LogP contribution in [0.5, 0.6) is 5.75 Å². The Balaban J connectivity index is 1.27. The molecule has 6 rings (SSSR count). The number of amides is 1. The number of anilines is 2. The fourth-order valence-corrected chi connectivity index (χ4v) is 5.60. The number of aromatic nitrogens is 4. The van der Waals surface area contributed by atoms with Gasteiger partial charge in [-0.2, -0.15) is 10.2 Å². The van der Waals surface area contributed by atoms with Crippen LogP contribution in [0.2, 0.25) is 0 Å². The van der Waals surface area contributed by atoms with E-state index in [1.807, 2.05) is 50.2 Å². The first-order valence-electron chi connectivity index (χ1n) is 14.3. The number of carbonyl (C=O) groups is 1. The highest BCUT2D eigenvalue weighted by atomic mass is 16.5. The minimum Gasteiger partial charge on any atom is -0.491 e. The summed E-state index contributed by atoms with van der Waals surface area (Å²) >= 11 is 0. The van der Waals surface area contributed by atoms with Gasteiger partial charge in [0.05, 0.1) is 36.3 Å². The third-order valence-corrected chi connectivity index (χ3v) is 7.67. The fourth-order valence-electron chi connectivity index (χ4n) is 5.60. The normalized spacial score (nSPS) is 17.6. The third kappa shape index (κ3) is 6.07. The molecule has 216 valence electrons. The number of nitrogens with zero attached hydrogens (tertiary/aromatic N) is 5. The maximum atomic E-state index is 12.6. The zero-order valence-electron chi connectivity index (χ0n) is 23.9. The molecule has 0 spiro atoms. The van der Waals surface area contributed by atoms with Crippen LogP contribution in [0.4, 0.5) is 11.4 Å². The van der Waals surface area contributed by atoms with Gasteiger partial charge in [-0.05, 0) is 30.7 Å². The number of hydrogen-bond donors (Lipinski definition) is 3. The lowest BCUT2D eigenvalue weighted by Gasteiger charge is -2.26. The van der Waals surface area contributed by atoms with Crippen molar-refractivity contribution in [3.8, 4) is 28.1 Å². The summed E-state index contributed by atoms with van der Waals surface area (Å²) in [6.45, 7) is 8.74. The van der Waals surface area contributed by atoms with E-state index in [0.717, 1.165) is 71.7 Å². The van der Waals surface area contributed by atoms with Crippen LogP contribution in [0.1, 0.15) is 13.3 Å². The number of piperazine rings is 1. The van der Waals surface area contributed by atoms with Gasteiger partial charge >= 0.3 is 0 Å². The molecule has 0 bridgehead atoms. The highest BCUT2D eigenvalue weighted by molar-refractivity contribution is 6.03. The zero-order chi connectivity index (χ0) is 28.3. The molecule has 1 atom stereocenters. The van der Waals surface area contributed by atoms with Crippen molar-refractivity contribution in [2.75, 3.05) is 63.2 Å². The summed E-state index contributed by atoms with van der Waals surface area (Å²) in [7, 11) is 3.85. The van der Waals surface area contributed by atoms with E-state index in [0.29, 0.717) is 37.7 Å². The van der Waals surface area contributed by atoms with Gasteiger partial charge in [0, 0.05) is 88.1 Å². The topological polar surface area (TPSA) is 110 Å². The molecule has 1 unspecified atom stereocenters. The van der Waals surface area contributed by atoms with Gasteiger partial charge < -0.3 is 25.4 Å². The molecule has 0 radical (unpaired) electrons. The summed E-state index contributed by atoms with van der Waals surface area (Å²) in [4.78, 5) is 15.0. The van der Waals surface area contributed by atoms with Crippen LogP contribution in [-0.2, 0) is 23.6 Å². The van der Waals surface area contributed by atoms with E-state index in [4.69, 9.17) is 14.6 Å². The van der Waals surface area contributed by atoms with Crippen molar-refractivity contribution in [2.45, 2.75) is 19.4 Å². The number of fused-ring (bicyclic) bond motifs is 2. The number of carbonyl (C=O) groups excluding carboxylic acids is 1. The maximum absolute atomic E-state index is 12.6. The van der Waals surface area contributed by atoms with E-state index in [1.165, 1.54) is 0 Å². The average molecular weight is 559 g/mol. The van der Waals surface area contributed by atoms with Crippen molar-refractivity contribution in [3.05, 3.63) is 42.7 Å². The Morgan fingerprint density at radius 3 is 2.71 bits per heavy atom. The molecule has 1 amide bonds. The van der Waals surface area contributed by atoms with Crippen LogP contribution >= 0.6 is 0 Å². The number of nitrogens with one attached hydrogen (secondary N) is 3. The van der Waals surface area contributed by atoms with Gasteiger partial charge in [-0.1, -0.05) is 6.07 Å². The number of rotatable bonds is 9. The van der Waals surface area contributed by atoms with Crippen molar-refractivity contribution < 1.29 is 14.3 Å². The number of ether oxygens (including phenoxy) is 2. The lowest BCUT2D eigenvalue weighted by Crippen LogP contribution is -2.44. The Morgan fingerprint density at radius 2 is 1.90 bits per heavy atom. The molecule has 11 nitrogen and oxygen atoms in total. The minimum absolute atomic E-state index is 0.0149. The van der Waals surface area contributed by atoms with Crippen molar-refractivity contribution in [1.29, 1.82) is 0 Å². The molecule has 3 N–H and O–H groups in total. The van der Waals surface area contributed by atoms with Gasteiger partial charge in [-0.3, -0.25) is 19.1 Å². The van der Waals surface area contributed by atoms with Crippen molar-refractivity contribution in [2.24, 2.45) is 14.1 Å². The average Bonchev–Trinajstić information content (AvgIpc) is 3.49. The lowest BCUT2D eigenvalue weighted by molar-refractivity contribution is -0.116. The van der Waals surface area contributed by atoms with Gasteiger partial charge in [0.1, 0.15) is 18.1 Å². The molecule has 2 aliphatic heterocycles. The van der Waals surface area contributed by atoms with E-state index < -0.39 is 0 Å². The molecule has 4 aromatic rings. The van der Waals surface area contributed by atoms with E-state index in [9.17, 15) is 4.79 Å². The summed E-state index contributed by atoms with van der Waals surface area (Å²) in [6, 6.07) is 10.3. The van der Waals surface area contributed by atoms with E-state index in [2.05, 4.69) is 44.1 Å². The summed E-state index contributed by atoms with van der Waals surface area (Å²) in [6.07, 6.45) is 4.19. The van der Waals surface area contributed by atoms with Crippen LogP contribution in [0.15, 0.2) is 42.7 Å². The van der Waals surface area contributed by atoms with Gasteiger partial charge in [-0.25, -0.2) is 0 Å². The lowest BCUT2D eigenvalue weighted by atomic mass is 9.98. The second-order valence-electron chi connectivity index (χ2n) is 10.9. The molecule has 0 saturated carbocycles. The zero-order valence-corrected chi connectivity index (χ0v) is 23.9. The van der Waals surface area contributed by atoms with Gasteiger partial charge in [-0.15, -0.1) is 0 Å². The summed E-state index contributed by atoms with van der Waals surface area (Å²) in [5.41, 5.74) is 6.42.